The van der Waals surface area contributed by atoms with E-state index in [1.54, 1.807) is 34.3 Å². The normalized spacial score (nSPS) is 19.6. The van der Waals surface area contributed by atoms with E-state index in [0.29, 0.717) is 41.2 Å². The van der Waals surface area contributed by atoms with Crippen LogP contribution < -0.4 is 19.5 Å². The SMILES string of the molecule is CCOC(=O)C1=C(C)NC2=C(C(=O)C[C@@H](c3ccc(OC)cc3)C2)[C@H]1c1ccc(OC)c(OC)c1. The fourth-order valence-electron chi connectivity index (χ4n) is 5.00. The summed E-state index contributed by atoms with van der Waals surface area (Å²) >= 11 is 0. The van der Waals surface area contributed by atoms with E-state index < -0.39 is 11.9 Å². The van der Waals surface area contributed by atoms with E-state index in [1.807, 2.05) is 43.3 Å². The van der Waals surface area contributed by atoms with Gasteiger partial charge in [0.15, 0.2) is 17.3 Å². The highest BCUT2D eigenvalue weighted by Crippen LogP contribution is 2.47. The topological polar surface area (TPSA) is 83.1 Å². The highest BCUT2D eigenvalue weighted by Gasteiger charge is 2.41. The van der Waals surface area contributed by atoms with Crippen LogP contribution in [0.4, 0.5) is 0 Å². The van der Waals surface area contributed by atoms with Crippen molar-refractivity contribution in [3.8, 4) is 17.2 Å². The molecule has 0 aromatic heterocycles. The van der Waals surface area contributed by atoms with Crippen LogP contribution in [-0.2, 0) is 14.3 Å². The maximum absolute atomic E-state index is 13.7. The quantitative estimate of drug-likeness (QED) is 0.582. The monoisotopic (exact) mass is 477 g/mol. The van der Waals surface area contributed by atoms with E-state index in [2.05, 4.69) is 5.32 Å². The summed E-state index contributed by atoms with van der Waals surface area (Å²) in [5.41, 5.74) is 4.42. The van der Waals surface area contributed by atoms with E-state index in [0.717, 1.165) is 22.6 Å². The molecule has 0 bridgehead atoms. The van der Waals surface area contributed by atoms with E-state index >= 15 is 0 Å². The van der Waals surface area contributed by atoms with Crippen LogP contribution in [0.3, 0.4) is 0 Å². The molecular weight excluding hydrogens is 446 g/mol. The first-order valence-electron chi connectivity index (χ1n) is 11.7. The van der Waals surface area contributed by atoms with Crippen LogP contribution in [0, 0.1) is 0 Å². The number of ketones is 1. The molecule has 1 heterocycles. The number of benzene rings is 2. The Hall–Kier alpha value is -3.74. The van der Waals surface area contributed by atoms with Gasteiger partial charge in [-0.3, -0.25) is 4.79 Å². The number of rotatable bonds is 7. The van der Waals surface area contributed by atoms with Gasteiger partial charge >= 0.3 is 5.97 Å². The van der Waals surface area contributed by atoms with Crippen LogP contribution in [-0.4, -0.2) is 39.7 Å². The lowest BCUT2D eigenvalue weighted by atomic mass is 9.71. The largest absolute Gasteiger partial charge is 0.497 e. The van der Waals surface area contributed by atoms with Gasteiger partial charge < -0.3 is 24.3 Å². The fourth-order valence-corrected chi connectivity index (χ4v) is 5.00. The van der Waals surface area contributed by atoms with Crippen LogP contribution in [0.5, 0.6) is 17.2 Å². The molecule has 2 aromatic carbocycles. The Kier molecular flexibility index (Phi) is 7.15. The molecule has 0 saturated heterocycles. The molecule has 184 valence electrons. The lowest BCUT2D eigenvalue weighted by Crippen LogP contribution is -2.36. The molecule has 0 amide bonds. The smallest absolute Gasteiger partial charge is 0.336 e. The molecule has 7 heteroatoms. The molecule has 0 fully saturated rings. The van der Waals surface area contributed by atoms with E-state index in [1.165, 1.54) is 0 Å². The average Bonchev–Trinajstić information content (AvgIpc) is 2.87. The van der Waals surface area contributed by atoms with Gasteiger partial charge in [0.05, 0.1) is 33.5 Å². The first-order chi connectivity index (χ1) is 16.9. The molecule has 2 aromatic rings. The second kappa shape index (κ2) is 10.3. The third kappa shape index (κ3) is 4.63. The first-order valence-corrected chi connectivity index (χ1v) is 11.7. The lowest BCUT2D eigenvalue weighted by Gasteiger charge is -2.36. The Morgan fingerprint density at radius 3 is 2.26 bits per heavy atom. The third-order valence-corrected chi connectivity index (χ3v) is 6.65. The van der Waals surface area contributed by atoms with Gasteiger partial charge in [-0.05, 0) is 61.6 Å². The summed E-state index contributed by atoms with van der Waals surface area (Å²) in [6.07, 6.45) is 1.01. The van der Waals surface area contributed by atoms with Gasteiger partial charge in [0.2, 0.25) is 0 Å². The number of hydrogen-bond donors (Lipinski definition) is 1. The number of hydrogen-bond acceptors (Lipinski definition) is 7. The van der Waals surface area contributed by atoms with Crippen molar-refractivity contribution >= 4 is 11.8 Å². The van der Waals surface area contributed by atoms with Crippen LogP contribution in [0.25, 0.3) is 0 Å². The maximum atomic E-state index is 13.7. The van der Waals surface area contributed by atoms with Gasteiger partial charge in [0.1, 0.15) is 5.75 Å². The minimum atomic E-state index is -0.561. The molecule has 0 unspecified atom stereocenters. The summed E-state index contributed by atoms with van der Waals surface area (Å²) in [7, 11) is 4.76. The number of carbonyl (C=O) groups excluding carboxylic acids is 2. The molecule has 0 radical (unpaired) electrons. The van der Waals surface area contributed by atoms with Crippen molar-refractivity contribution in [1.82, 2.24) is 5.32 Å². The Bertz CT molecular complexity index is 1190. The number of carbonyl (C=O) groups is 2. The van der Waals surface area contributed by atoms with Crippen molar-refractivity contribution in [2.45, 2.75) is 38.5 Å². The van der Waals surface area contributed by atoms with Crippen LogP contribution in [0.15, 0.2) is 65.0 Å². The molecule has 0 spiro atoms. The van der Waals surface area contributed by atoms with Crippen molar-refractivity contribution in [1.29, 1.82) is 0 Å². The number of allylic oxidation sites excluding steroid dienone is 3. The molecule has 1 aliphatic heterocycles. The predicted octanol–water partition coefficient (Wildman–Crippen LogP) is 4.64. The number of dihydropyridines is 1. The van der Waals surface area contributed by atoms with Crippen LogP contribution >= 0.6 is 0 Å². The van der Waals surface area contributed by atoms with Crippen molar-refractivity contribution in [2.75, 3.05) is 27.9 Å². The third-order valence-electron chi connectivity index (χ3n) is 6.65. The summed E-state index contributed by atoms with van der Waals surface area (Å²) in [5, 5.41) is 3.37. The van der Waals surface area contributed by atoms with Crippen molar-refractivity contribution < 1.29 is 28.5 Å². The zero-order valence-corrected chi connectivity index (χ0v) is 20.8. The molecule has 1 aliphatic carbocycles. The molecule has 35 heavy (non-hydrogen) atoms. The Morgan fingerprint density at radius 2 is 1.63 bits per heavy atom. The second-order valence-electron chi connectivity index (χ2n) is 8.63. The predicted molar refractivity (Wildman–Crippen MR) is 132 cm³/mol. The zero-order valence-electron chi connectivity index (χ0n) is 20.8. The summed E-state index contributed by atoms with van der Waals surface area (Å²) in [6.45, 7) is 3.87. The van der Waals surface area contributed by atoms with Crippen LogP contribution in [0.1, 0.15) is 49.7 Å². The van der Waals surface area contributed by atoms with Crippen LogP contribution in [0.2, 0.25) is 0 Å². The summed E-state index contributed by atoms with van der Waals surface area (Å²) in [4.78, 5) is 26.8. The number of methoxy groups -OCH3 is 3. The van der Waals surface area contributed by atoms with Gasteiger partial charge in [0.25, 0.3) is 0 Å². The Labute approximate surface area is 205 Å². The number of esters is 1. The zero-order chi connectivity index (χ0) is 25.1. The molecule has 2 atom stereocenters. The first kappa shape index (κ1) is 24.4. The van der Waals surface area contributed by atoms with Crippen molar-refractivity contribution in [3.05, 3.63) is 76.1 Å². The Morgan fingerprint density at radius 1 is 0.943 bits per heavy atom. The van der Waals surface area contributed by atoms with E-state index in [4.69, 9.17) is 18.9 Å². The number of nitrogens with one attached hydrogen (secondary N) is 1. The molecule has 7 nitrogen and oxygen atoms in total. The number of Topliss-reactive ketones (excluding diaryl/α,β-unsaturated/α-hetero) is 1. The molecular formula is C28H31NO6. The fraction of sp³-hybridized carbons (Fsp3) is 0.357. The van der Waals surface area contributed by atoms with E-state index in [9.17, 15) is 9.59 Å². The second-order valence-corrected chi connectivity index (χ2v) is 8.63. The van der Waals surface area contributed by atoms with Gasteiger partial charge in [-0.25, -0.2) is 4.79 Å². The molecule has 4 rings (SSSR count). The highest BCUT2D eigenvalue weighted by atomic mass is 16.5. The van der Waals surface area contributed by atoms with Crippen molar-refractivity contribution in [2.24, 2.45) is 0 Å². The number of ether oxygens (including phenoxy) is 4. The molecule has 0 saturated carbocycles. The summed E-state index contributed by atoms with van der Waals surface area (Å²) in [5.74, 6) is 0.927. The summed E-state index contributed by atoms with van der Waals surface area (Å²) < 4.78 is 21.6. The maximum Gasteiger partial charge on any atom is 0.336 e. The van der Waals surface area contributed by atoms with Crippen molar-refractivity contribution in [3.63, 3.8) is 0 Å². The van der Waals surface area contributed by atoms with Gasteiger partial charge in [-0.1, -0.05) is 18.2 Å². The Balaban J connectivity index is 1.80. The minimum Gasteiger partial charge on any atom is -0.497 e. The van der Waals surface area contributed by atoms with Gasteiger partial charge in [-0.2, -0.15) is 0 Å². The standard InChI is InChI=1S/C28H31NO6/c1-6-35-28(31)25-16(2)29-21-13-19(17-7-10-20(32-3)11-8-17)14-22(30)27(21)26(25)18-9-12-23(33-4)24(15-18)34-5/h7-12,15,19,26,29H,6,13-14H2,1-5H3/t19-,26-/m0/s1. The average molecular weight is 478 g/mol. The molecule has 1 N–H and O–H groups in total. The minimum absolute atomic E-state index is 0.00801. The van der Waals surface area contributed by atoms with E-state index in [-0.39, 0.29) is 18.3 Å². The van der Waals surface area contributed by atoms with Gasteiger partial charge in [-0.15, -0.1) is 0 Å². The molecule has 2 aliphatic rings. The summed E-state index contributed by atoms with van der Waals surface area (Å²) in [6, 6.07) is 13.3. The highest BCUT2D eigenvalue weighted by molar-refractivity contribution is 6.04. The lowest BCUT2D eigenvalue weighted by molar-refractivity contribution is -0.138. The van der Waals surface area contributed by atoms with Gasteiger partial charge in [0, 0.05) is 29.3 Å².